The van der Waals surface area contributed by atoms with Gasteiger partial charge in [-0.25, -0.2) is 14.2 Å². The highest BCUT2D eigenvalue weighted by molar-refractivity contribution is 5.76. The number of amides is 1. The van der Waals surface area contributed by atoms with Crippen LogP contribution in [0, 0.1) is 20.8 Å². The average molecular weight is 464 g/mol. The molecule has 0 aromatic carbocycles. The Bertz CT molecular complexity index is 1260. The van der Waals surface area contributed by atoms with Crippen molar-refractivity contribution in [3.63, 3.8) is 0 Å². The lowest BCUT2D eigenvalue weighted by atomic mass is 10.1. The van der Waals surface area contributed by atoms with Crippen LogP contribution in [0.25, 0.3) is 11.5 Å². The molecule has 9 nitrogen and oxygen atoms in total. The van der Waals surface area contributed by atoms with Gasteiger partial charge in [-0.1, -0.05) is 7.43 Å². The molecule has 0 atom stereocenters. The topological polar surface area (TPSA) is 84.7 Å². The second-order valence-corrected chi connectivity index (χ2v) is 8.66. The summed E-state index contributed by atoms with van der Waals surface area (Å²) in [6, 6.07) is 7.78. The number of piperazine rings is 1. The first-order valence-electron chi connectivity index (χ1n) is 11.4. The van der Waals surface area contributed by atoms with Gasteiger partial charge in [-0.15, -0.1) is 5.10 Å². The largest absolute Gasteiger partial charge is 0.468 e. The molecule has 1 saturated heterocycles. The number of fused-ring (bicyclic) bond motifs is 1. The molecule has 0 spiro atoms. The number of imidazole rings is 1. The fourth-order valence-electron chi connectivity index (χ4n) is 4.52. The molecule has 0 unspecified atom stereocenters. The highest BCUT2D eigenvalue weighted by atomic mass is 16.3. The van der Waals surface area contributed by atoms with Crippen molar-refractivity contribution in [3.8, 4) is 5.82 Å². The third-order valence-corrected chi connectivity index (χ3v) is 6.45. The monoisotopic (exact) mass is 463 g/mol. The predicted molar refractivity (Wildman–Crippen MR) is 130 cm³/mol. The molecule has 0 saturated carbocycles. The Kier molecular flexibility index (Phi) is 6.83. The molecule has 1 aliphatic rings. The highest BCUT2D eigenvalue weighted by Gasteiger charge is 2.23. The van der Waals surface area contributed by atoms with Crippen LogP contribution in [0.5, 0.6) is 0 Å². The zero-order chi connectivity index (χ0) is 22.9. The van der Waals surface area contributed by atoms with E-state index in [1.165, 1.54) is 0 Å². The molecule has 9 heteroatoms. The van der Waals surface area contributed by atoms with Crippen LogP contribution in [0.15, 0.2) is 41.1 Å². The van der Waals surface area contributed by atoms with Crippen molar-refractivity contribution in [3.05, 3.63) is 65.1 Å². The molecule has 0 bridgehead atoms. The van der Waals surface area contributed by atoms with Gasteiger partial charge in [0.15, 0.2) is 11.5 Å². The third-order valence-electron chi connectivity index (χ3n) is 6.45. The number of carbonyl (C=O) groups excluding carboxylic acids is 1. The Balaban J connectivity index is 0.00000274. The van der Waals surface area contributed by atoms with E-state index in [2.05, 4.69) is 9.88 Å². The van der Waals surface area contributed by atoms with E-state index in [-0.39, 0.29) is 13.3 Å². The van der Waals surface area contributed by atoms with Crippen LogP contribution in [0.3, 0.4) is 0 Å². The number of rotatable bonds is 6. The standard InChI is InChI=1S/C24H29N7O2.CH4/c1-17-15-25-22-7-8-23(27-30(17)22)31-19(3)21(18(2)26-31)6-9-24(32)29-12-10-28(11-13-29)16-20-5-4-14-33-20;/h4-5,7-8,14-15H,6,9-13,16H2,1-3H3;1H4. The van der Waals surface area contributed by atoms with Crippen LogP contribution in [-0.2, 0) is 17.8 Å². The smallest absolute Gasteiger partial charge is 0.222 e. The summed E-state index contributed by atoms with van der Waals surface area (Å²) in [5.41, 5.74) is 4.86. The van der Waals surface area contributed by atoms with Crippen LogP contribution in [-0.4, -0.2) is 66.3 Å². The Morgan fingerprint density at radius 1 is 1.06 bits per heavy atom. The van der Waals surface area contributed by atoms with Gasteiger partial charge in [0.2, 0.25) is 5.91 Å². The molecule has 34 heavy (non-hydrogen) atoms. The van der Waals surface area contributed by atoms with Gasteiger partial charge in [0, 0.05) is 38.3 Å². The second-order valence-electron chi connectivity index (χ2n) is 8.66. The molecular formula is C25H33N7O2. The van der Waals surface area contributed by atoms with Crippen molar-refractivity contribution in [2.75, 3.05) is 26.2 Å². The van der Waals surface area contributed by atoms with Crippen LogP contribution in [0.2, 0.25) is 0 Å². The number of carbonyl (C=O) groups is 1. The molecule has 1 fully saturated rings. The summed E-state index contributed by atoms with van der Waals surface area (Å²) in [4.78, 5) is 21.5. The summed E-state index contributed by atoms with van der Waals surface area (Å²) in [5, 5.41) is 9.41. The molecule has 4 aromatic heterocycles. The molecule has 5 rings (SSSR count). The van der Waals surface area contributed by atoms with Crippen molar-refractivity contribution in [1.82, 2.24) is 34.2 Å². The number of hydrogen-bond acceptors (Lipinski definition) is 6. The zero-order valence-electron chi connectivity index (χ0n) is 19.4. The zero-order valence-corrected chi connectivity index (χ0v) is 19.4. The number of hydrogen-bond donors (Lipinski definition) is 0. The van der Waals surface area contributed by atoms with Crippen molar-refractivity contribution in [2.45, 2.75) is 47.6 Å². The lowest BCUT2D eigenvalue weighted by molar-refractivity contribution is -0.133. The van der Waals surface area contributed by atoms with E-state index < -0.39 is 0 Å². The first-order chi connectivity index (χ1) is 16.0. The minimum atomic E-state index is 0. The van der Waals surface area contributed by atoms with Crippen molar-refractivity contribution < 1.29 is 9.21 Å². The molecule has 0 N–H and O–H groups in total. The van der Waals surface area contributed by atoms with Crippen LogP contribution < -0.4 is 0 Å². The highest BCUT2D eigenvalue weighted by Crippen LogP contribution is 2.20. The van der Waals surface area contributed by atoms with Crippen molar-refractivity contribution in [1.29, 1.82) is 0 Å². The lowest BCUT2D eigenvalue weighted by Gasteiger charge is -2.34. The minimum Gasteiger partial charge on any atom is -0.468 e. The predicted octanol–water partition coefficient (Wildman–Crippen LogP) is 3.35. The fraction of sp³-hybridized carbons (Fsp3) is 0.440. The van der Waals surface area contributed by atoms with E-state index >= 15 is 0 Å². The number of aromatic nitrogens is 5. The van der Waals surface area contributed by atoms with Gasteiger partial charge in [0.1, 0.15) is 5.76 Å². The van der Waals surface area contributed by atoms with Crippen LogP contribution in [0.4, 0.5) is 0 Å². The molecule has 180 valence electrons. The third kappa shape index (κ3) is 4.61. The molecular weight excluding hydrogens is 430 g/mol. The maximum absolute atomic E-state index is 12.9. The lowest BCUT2D eigenvalue weighted by Crippen LogP contribution is -2.48. The normalized spacial score (nSPS) is 14.5. The Labute approximate surface area is 200 Å². The van der Waals surface area contributed by atoms with E-state index in [9.17, 15) is 4.79 Å². The van der Waals surface area contributed by atoms with Crippen molar-refractivity contribution in [2.24, 2.45) is 0 Å². The number of nitrogens with zero attached hydrogens (tertiary/aromatic N) is 7. The maximum atomic E-state index is 12.9. The fourth-order valence-corrected chi connectivity index (χ4v) is 4.52. The van der Waals surface area contributed by atoms with E-state index in [1.807, 2.05) is 59.1 Å². The molecule has 0 radical (unpaired) electrons. The van der Waals surface area contributed by atoms with Gasteiger partial charge in [0.05, 0.1) is 30.4 Å². The summed E-state index contributed by atoms with van der Waals surface area (Å²) in [7, 11) is 0. The SMILES string of the molecule is C.Cc1nn(-c2ccc3ncc(C)n3n2)c(C)c1CCC(=O)N1CCN(Cc2ccco2)CC1. The summed E-state index contributed by atoms with van der Waals surface area (Å²) >= 11 is 0. The molecule has 0 aliphatic carbocycles. The van der Waals surface area contributed by atoms with Gasteiger partial charge < -0.3 is 9.32 Å². The summed E-state index contributed by atoms with van der Waals surface area (Å²) in [6.07, 6.45) is 4.67. The minimum absolute atomic E-state index is 0. The number of aryl methyl sites for hydroxylation is 2. The van der Waals surface area contributed by atoms with Crippen LogP contribution in [0.1, 0.15) is 42.3 Å². The van der Waals surface area contributed by atoms with Gasteiger partial charge in [0.25, 0.3) is 0 Å². The summed E-state index contributed by atoms with van der Waals surface area (Å²) in [5.74, 6) is 1.91. The van der Waals surface area contributed by atoms with Gasteiger partial charge >= 0.3 is 0 Å². The van der Waals surface area contributed by atoms with Crippen molar-refractivity contribution >= 4 is 11.6 Å². The van der Waals surface area contributed by atoms with Gasteiger partial charge in [-0.05, 0) is 57.0 Å². The van der Waals surface area contributed by atoms with E-state index in [0.29, 0.717) is 12.8 Å². The van der Waals surface area contributed by atoms with E-state index in [1.54, 1.807) is 12.5 Å². The summed E-state index contributed by atoms with van der Waals surface area (Å²) < 4.78 is 9.12. The van der Waals surface area contributed by atoms with E-state index in [4.69, 9.17) is 14.6 Å². The Hall–Kier alpha value is -3.46. The average Bonchev–Trinajstić information content (AvgIpc) is 3.53. The van der Waals surface area contributed by atoms with E-state index in [0.717, 1.165) is 72.6 Å². The summed E-state index contributed by atoms with van der Waals surface area (Å²) in [6.45, 7) is 10.1. The second kappa shape index (κ2) is 9.80. The first kappa shape index (κ1) is 23.7. The first-order valence-corrected chi connectivity index (χ1v) is 11.4. The quantitative estimate of drug-likeness (QED) is 0.436. The van der Waals surface area contributed by atoms with Gasteiger partial charge in [-0.3, -0.25) is 9.69 Å². The molecule has 1 aliphatic heterocycles. The Morgan fingerprint density at radius 3 is 2.59 bits per heavy atom. The molecule has 5 heterocycles. The van der Waals surface area contributed by atoms with Crippen LogP contribution >= 0.6 is 0 Å². The Morgan fingerprint density at radius 2 is 1.85 bits per heavy atom. The molecule has 4 aromatic rings. The number of furan rings is 1. The maximum Gasteiger partial charge on any atom is 0.222 e. The molecule has 1 amide bonds. The van der Waals surface area contributed by atoms with Gasteiger partial charge in [-0.2, -0.15) is 5.10 Å².